The van der Waals surface area contributed by atoms with E-state index in [1.54, 1.807) is 6.92 Å². The lowest BCUT2D eigenvalue weighted by molar-refractivity contribution is -0.122. The average Bonchev–Trinajstić information content (AvgIpc) is 1.61. The van der Waals surface area contributed by atoms with Crippen LogP contribution in [0.3, 0.4) is 0 Å². The van der Waals surface area contributed by atoms with Gasteiger partial charge in [0.05, 0.1) is 0 Å². The van der Waals surface area contributed by atoms with Gasteiger partial charge in [0.25, 0.3) is 6.47 Å². The van der Waals surface area contributed by atoms with Crippen molar-refractivity contribution in [1.82, 2.24) is 0 Å². The lowest BCUT2D eigenvalue weighted by atomic mass is 9.75. The van der Waals surface area contributed by atoms with Crippen LogP contribution in [0.15, 0.2) is 0 Å². The third-order valence-electron chi connectivity index (χ3n) is 1.55. The smallest absolute Gasteiger partial charge is 0.290 e. The Morgan fingerprint density at radius 1 is 1.70 bits per heavy atom. The third-order valence-corrected chi connectivity index (χ3v) is 1.55. The van der Waals surface area contributed by atoms with E-state index in [1.807, 2.05) is 0 Å². The molecule has 0 radical (unpaired) electrons. The third kappa shape index (κ3) is 3.43. The van der Waals surface area contributed by atoms with Crippen LogP contribution in [0.2, 0.25) is 0 Å². The Bertz CT molecular complexity index is 104. The molecule has 1 rings (SSSR count). The van der Waals surface area contributed by atoms with Crippen molar-refractivity contribution < 1.29 is 14.3 Å². The molecule has 3 heteroatoms. The van der Waals surface area contributed by atoms with Gasteiger partial charge in [-0.25, -0.2) is 4.39 Å². The zero-order valence-corrected chi connectivity index (χ0v) is 6.30. The Balaban J connectivity index is 0.000000236. The van der Waals surface area contributed by atoms with Gasteiger partial charge in [-0.3, -0.25) is 4.79 Å². The molecule has 1 saturated carbocycles. The van der Waals surface area contributed by atoms with Crippen molar-refractivity contribution in [2.24, 2.45) is 5.92 Å². The summed E-state index contributed by atoms with van der Waals surface area (Å²) in [4.78, 5) is 8.36. The van der Waals surface area contributed by atoms with Crippen LogP contribution in [0.1, 0.15) is 26.7 Å². The first-order valence-electron chi connectivity index (χ1n) is 3.28. The molecule has 1 aliphatic rings. The highest BCUT2D eigenvalue weighted by Gasteiger charge is 2.37. The number of hydrogen-bond acceptors (Lipinski definition) is 1. The summed E-state index contributed by atoms with van der Waals surface area (Å²) < 4.78 is 12.5. The van der Waals surface area contributed by atoms with Crippen molar-refractivity contribution in [1.29, 1.82) is 0 Å². The summed E-state index contributed by atoms with van der Waals surface area (Å²) in [5.74, 6) is 0.634. The second kappa shape index (κ2) is 3.54. The van der Waals surface area contributed by atoms with Gasteiger partial charge < -0.3 is 5.11 Å². The quantitative estimate of drug-likeness (QED) is 0.532. The van der Waals surface area contributed by atoms with Gasteiger partial charge in [0.1, 0.15) is 5.67 Å². The molecule has 0 bridgehead atoms. The van der Waals surface area contributed by atoms with Crippen LogP contribution < -0.4 is 0 Å². The maximum absolute atomic E-state index is 12.5. The van der Waals surface area contributed by atoms with Gasteiger partial charge in [0, 0.05) is 0 Å². The molecule has 0 saturated heterocycles. The zero-order chi connectivity index (χ0) is 8.20. The number of carbonyl (C=O) groups is 1. The van der Waals surface area contributed by atoms with E-state index in [0.29, 0.717) is 5.92 Å². The molecule has 0 atom stereocenters. The van der Waals surface area contributed by atoms with E-state index < -0.39 is 5.67 Å². The molecular weight excluding hydrogens is 135 g/mol. The summed E-state index contributed by atoms with van der Waals surface area (Å²) in [5, 5.41) is 6.89. The lowest BCUT2D eigenvalue weighted by Crippen LogP contribution is -2.34. The van der Waals surface area contributed by atoms with Gasteiger partial charge in [-0.15, -0.1) is 0 Å². The number of alkyl halides is 1. The summed E-state index contributed by atoms with van der Waals surface area (Å²) in [7, 11) is 0. The number of carboxylic acid groups (broad SMARTS) is 1. The fourth-order valence-electron chi connectivity index (χ4n) is 1.39. The summed E-state index contributed by atoms with van der Waals surface area (Å²) in [5.41, 5.74) is -0.806. The van der Waals surface area contributed by atoms with Crippen molar-refractivity contribution in [3.05, 3.63) is 0 Å². The molecule has 0 aliphatic heterocycles. The average molecular weight is 148 g/mol. The van der Waals surface area contributed by atoms with Crippen molar-refractivity contribution in [3.8, 4) is 0 Å². The van der Waals surface area contributed by atoms with Gasteiger partial charge >= 0.3 is 0 Å². The maximum atomic E-state index is 12.5. The molecule has 0 aromatic heterocycles. The molecule has 0 amide bonds. The summed E-state index contributed by atoms with van der Waals surface area (Å²) >= 11 is 0. The van der Waals surface area contributed by atoms with Crippen LogP contribution in [-0.2, 0) is 4.79 Å². The topological polar surface area (TPSA) is 37.3 Å². The van der Waals surface area contributed by atoms with E-state index in [2.05, 4.69) is 6.92 Å². The van der Waals surface area contributed by atoms with Crippen LogP contribution in [0.5, 0.6) is 0 Å². The first-order chi connectivity index (χ1) is 4.52. The Labute approximate surface area is 60.1 Å². The van der Waals surface area contributed by atoms with Gasteiger partial charge in [0.2, 0.25) is 0 Å². The zero-order valence-electron chi connectivity index (χ0n) is 6.30. The molecule has 1 N–H and O–H groups in total. The number of rotatable bonds is 0. The van der Waals surface area contributed by atoms with Crippen LogP contribution in [-0.4, -0.2) is 17.2 Å². The fraction of sp³-hybridized carbons (Fsp3) is 0.857. The molecule has 0 spiro atoms. The first-order valence-corrected chi connectivity index (χ1v) is 3.28. The largest absolute Gasteiger partial charge is 0.483 e. The van der Waals surface area contributed by atoms with Gasteiger partial charge in [-0.05, 0) is 25.7 Å². The molecule has 1 fully saturated rings. The predicted molar refractivity (Wildman–Crippen MR) is 36.6 cm³/mol. The molecule has 0 heterocycles. The van der Waals surface area contributed by atoms with Crippen molar-refractivity contribution in [2.75, 3.05) is 0 Å². The van der Waals surface area contributed by atoms with E-state index >= 15 is 0 Å². The molecule has 0 aromatic rings. The molecule has 2 nitrogen and oxygen atoms in total. The highest BCUT2D eigenvalue weighted by Crippen LogP contribution is 2.39. The number of halogens is 1. The monoisotopic (exact) mass is 148 g/mol. The number of hydrogen-bond donors (Lipinski definition) is 1. The molecule has 0 aromatic carbocycles. The molecule has 0 unspecified atom stereocenters. The Morgan fingerprint density at radius 2 is 2.00 bits per heavy atom. The first kappa shape index (κ1) is 9.40. The summed E-state index contributed by atoms with van der Waals surface area (Å²) in [6, 6.07) is 0. The molecule has 60 valence electrons. The van der Waals surface area contributed by atoms with E-state index in [9.17, 15) is 4.39 Å². The normalized spacial score (nSPS) is 36.9. The molecule has 10 heavy (non-hydrogen) atoms. The van der Waals surface area contributed by atoms with Gasteiger partial charge in [0.15, 0.2) is 0 Å². The van der Waals surface area contributed by atoms with Crippen LogP contribution in [0.25, 0.3) is 0 Å². The highest BCUT2D eigenvalue weighted by molar-refractivity contribution is 5.32. The van der Waals surface area contributed by atoms with Gasteiger partial charge in [-0.1, -0.05) is 6.92 Å². The van der Waals surface area contributed by atoms with Crippen molar-refractivity contribution >= 4 is 6.47 Å². The minimum atomic E-state index is -0.806. The summed E-state index contributed by atoms with van der Waals surface area (Å²) in [6.07, 6.45) is 1.54. The molecular formula is C7H13FO2. The SMILES string of the molecule is CC1CC(C)(F)C1.O=CO. The highest BCUT2D eigenvalue weighted by atomic mass is 19.1. The molecule has 1 aliphatic carbocycles. The minimum absolute atomic E-state index is 0.250. The van der Waals surface area contributed by atoms with Crippen molar-refractivity contribution in [3.63, 3.8) is 0 Å². The summed E-state index contributed by atoms with van der Waals surface area (Å²) in [6.45, 7) is 3.51. The lowest BCUT2D eigenvalue weighted by Gasteiger charge is -2.36. The van der Waals surface area contributed by atoms with Gasteiger partial charge in [-0.2, -0.15) is 0 Å². The predicted octanol–water partition coefficient (Wildman–Crippen LogP) is 1.85. The van der Waals surface area contributed by atoms with Crippen molar-refractivity contribution in [2.45, 2.75) is 32.4 Å². The van der Waals surface area contributed by atoms with E-state index in [1.165, 1.54) is 0 Å². The maximum Gasteiger partial charge on any atom is 0.290 e. The Hall–Kier alpha value is -0.600. The second-order valence-corrected chi connectivity index (χ2v) is 3.03. The minimum Gasteiger partial charge on any atom is -0.483 e. The van der Waals surface area contributed by atoms with Crippen LogP contribution in [0, 0.1) is 5.92 Å². The van der Waals surface area contributed by atoms with Crippen LogP contribution >= 0.6 is 0 Å². The Morgan fingerprint density at radius 3 is 2.00 bits per heavy atom. The second-order valence-electron chi connectivity index (χ2n) is 3.03. The van der Waals surface area contributed by atoms with Crippen LogP contribution in [0.4, 0.5) is 4.39 Å². The Kier molecular flexibility index (Phi) is 3.33. The fourth-order valence-corrected chi connectivity index (χ4v) is 1.39. The standard InChI is InChI=1S/C6H11F.CH2O2/c1-5-3-6(2,7)4-5;2-1-3/h5H,3-4H2,1-2H3;1H,(H,2,3). The van der Waals surface area contributed by atoms with E-state index in [4.69, 9.17) is 9.90 Å². The van der Waals surface area contributed by atoms with E-state index in [-0.39, 0.29) is 6.47 Å². The van der Waals surface area contributed by atoms with E-state index in [0.717, 1.165) is 12.8 Å².